The van der Waals surface area contributed by atoms with E-state index in [-0.39, 0.29) is 30.0 Å². The molecular formula is C33H44Cl2N6O. The van der Waals surface area contributed by atoms with Gasteiger partial charge < -0.3 is 22.1 Å². The lowest BCUT2D eigenvalue weighted by Gasteiger charge is -2.47. The summed E-state index contributed by atoms with van der Waals surface area (Å²) in [5, 5.41) is 3.58. The van der Waals surface area contributed by atoms with Gasteiger partial charge in [0.2, 0.25) is 5.91 Å². The van der Waals surface area contributed by atoms with E-state index in [9.17, 15) is 4.79 Å². The van der Waals surface area contributed by atoms with Gasteiger partial charge in [0.15, 0.2) is 5.96 Å². The lowest BCUT2D eigenvalue weighted by molar-refractivity contribution is -0.137. The van der Waals surface area contributed by atoms with Crippen LogP contribution < -0.4 is 17.2 Å². The number of unbranched alkanes of at least 4 members (excludes halogenated alkanes) is 1. The summed E-state index contributed by atoms with van der Waals surface area (Å²) in [6.45, 7) is 4.92. The van der Waals surface area contributed by atoms with Gasteiger partial charge in [-0.1, -0.05) is 91.5 Å². The molecule has 0 aromatic heterocycles. The van der Waals surface area contributed by atoms with Crippen molar-refractivity contribution in [3.8, 4) is 0 Å². The van der Waals surface area contributed by atoms with Crippen molar-refractivity contribution in [2.24, 2.45) is 22.2 Å². The monoisotopic (exact) mass is 610 g/mol. The molecule has 0 spiro atoms. The third-order valence-electron chi connectivity index (χ3n) is 8.15. The van der Waals surface area contributed by atoms with Gasteiger partial charge in [-0.05, 0) is 59.7 Å². The molecule has 0 unspecified atom stereocenters. The van der Waals surface area contributed by atoms with Crippen molar-refractivity contribution in [2.75, 3.05) is 26.2 Å². The second-order valence-electron chi connectivity index (χ2n) is 11.5. The van der Waals surface area contributed by atoms with E-state index < -0.39 is 0 Å². The molecule has 6 N–H and O–H groups in total. The van der Waals surface area contributed by atoms with E-state index in [4.69, 9.17) is 40.4 Å². The van der Waals surface area contributed by atoms with Crippen LogP contribution in [0, 0.1) is 0 Å². The topological polar surface area (TPSA) is 114 Å². The van der Waals surface area contributed by atoms with E-state index in [1.807, 2.05) is 24.3 Å². The van der Waals surface area contributed by atoms with Crippen LogP contribution in [0.3, 0.4) is 0 Å². The van der Waals surface area contributed by atoms with Crippen LogP contribution in [0.4, 0.5) is 0 Å². The summed E-state index contributed by atoms with van der Waals surface area (Å²) in [5.41, 5.74) is 19.9. The first kappa shape index (κ1) is 32.1. The van der Waals surface area contributed by atoms with Gasteiger partial charge in [0.25, 0.3) is 0 Å². The maximum absolute atomic E-state index is 13.9. The number of rotatable bonds is 13. The van der Waals surface area contributed by atoms with E-state index in [2.05, 4.69) is 52.0 Å². The summed E-state index contributed by atoms with van der Waals surface area (Å²) >= 11 is 12.6. The molecule has 0 bridgehead atoms. The van der Waals surface area contributed by atoms with Crippen molar-refractivity contribution in [1.29, 1.82) is 0 Å². The highest BCUT2D eigenvalue weighted by molar-refractivity contribution is 6.35. The lowest BCUT2D eigenvalue weighted by Crippen LogP contribution is -2.61. The van der Waals surface area contributed by atoms with Crippen molar-refractivity contribution in [3.63, 3.8) is 0 Å². The standard InChI is InChI=1S/C33H44Cl2N6O/c1-2-3-9-30-21-40(20-28(36)18-26-13-14-27(34)19-31(26)35)29(10-6-15-39-33(37)38)22-41(30)32(42)17-23-11-12-24-7-4-5-8-25(24)16-23/h4-5,7-8,11-14,16,19,28-30H,2-3,6,9-10,15,17-18,20-22,36H2,1H3,(H4,37,38,39)/t28-,29+,30-/m1/s1. The summed E-state index contributed by atoms with van der Waals surface area (Å²) in [6.07, 6.45) is 5.85. The normalized spacial score (nSPS) is 18.2. The fourth-order valence-corrected chi connectivity index (χ4v) is 6.48. The second-order valence-corrected chi connectivity index (χ2v) is 12.3. The molecular weight excluding hydrogens is 567 g/mol. The molecule has 1 aliphatic heterocycles. The van der Waals surface area contributed by atoms with Gasteiger partial charge in [-0.15, -0.1) is 0 Å². The molecule has 0 saturated carbocycles. The Hall–Kier alpha value is -2.84. The van der Waals surface area contributed by atoms with Crippen LogP contribution in [0.15, 0.2) is 65.7 Å². The van der Waals surface area contributed by atoms with Crippen LogP contribution in [-0.4, -0.2) is 66.0 Å². The highest BCUT2D eigenvalue weighted by Crippen LogP contribution is 2.26. The van der Waals surface area contributed by atoms with Crippen LogP contribution in [0.1, 0.15) is 50.2 Å². The number of piperazine rings is 1. The number of carbonyl (C=O) groups is 1. The molecule has 1 heterocycles. The van der Waals surface area contributed by atoms with Crippen molar-refractivity contribution >= 4 is 45.8 Å². The average Bonchev–Trinajstić information content (AvgIpc) is 2.96. The molecule has 7 nitrogen and oxygen atoms in total. The summed E-state index contributed by atoms with van der Waals surface area (Å²) in [6, 6.07) is 20.3. The van der Waals surface area contributed by atoms with E-state index in [0.717, 1.165) is 55.2 Å². The highest BCUT2D eigenvalue weighted by Gasteiger charge is 2.36. The Labute approximate surface area is 260 Å². The first-order valence-corrected chi connectivity index (χ1v) is 15.7. The Balaban J connectivity index is 1.51. The second kappa shape index (κ2) is 15.6. The Morgan fingerprint density at radius 2 is 1.74 bits per heavy atom. The molecule has 42 heavy (non-hydrogen) atoms. The van der Waals surface area contributed by atoms with Gasteiger partial charge in [-0.2, -0.15) is 0 Å². The van der Waals surface area contributed by atoms with E-state index in [1.165, 1.54) is 5.39 Å². The number of fused-ring (bicyclic) bond motifs is 1. The number of carbonyl (C=O) groups excluding carboxylic acids is 1. The summed E-state index contributed by atoms with van der Waals surface area (Å²) < 4.78 is 0. The van der Waals surface area contributed by atoms with Crippen LogP contribution >= 0.6 is 23.2 Å². The first-order chi connectivity index (χ1) is 20.2. The number of benzene rings is 3. The molecule has 1 aliphatic rings. The Bertz CT molecular complexity index is 1360. The van der Waals surface area contributed by atoms with Crippen LogP contribution in [0.25, 0.3) is 10.8 Å². The smallest absolute Gasteiger partial charge is 0.227 e. The van der Waals surface area contributed by atoms with Crippen molar-refractivity contribution in [2.45, 2.75) is 70.0 Å². The average molecular weight is 612 g/mol. The van der Waals surface area contributed by atoms with Crippen molar-refractivity contribution in [1.82, 2.24) is 9.80 Å². The minimum absolute atomic E-state index is 0.101. The zero-order valence-electron chi connectivity index (χ0n) is 24.5. The molecule has 3 atom stereocenters. The molecule has 1 fully saturated rings. The largest absolute Gasteiger partial charge is 0.370 e. The number of halogens is 2. The highest BCUT2D eigenvalue weighted by atomic mass is 35.5. The third-order valence-corrected chi connectivity index (χ3v) is 8.73. The van der Waals surface area contributed by atoms with Gasteiger partial charge >= 0.3 is 0 Å². The molecule has 1 amide bonds. The number of aliphatic imine (C=N–C) groups is 1. The van der Waals surface area contributed by atoms with Gasteiger partial charge in [0, 0.05) is 54.3 Å². The van der Waals surface area contributed by atoms with Crippen LogP contribution in [-0.2, 0) is 17.6 Å². The van der Waals surface area contributed by atoms with Crippen LogP contribution in [0.5, 0.6) is 0 Å². The number of nitrogens with zero attached hydrogens (tertiary/aromatic N) is 3. The summed E-state index contributed by atoms with van der Waals surface area (Å²) in [4.78, 5) is 22.7. The van der Waals surface area contributed by atoms with Gasteiger partial charge in [-0.3, -0.25) is 14.7 Å². The number of nitrogens with two attached hydrogens (primary N) is 3. The molecule has 3 aromatic rings. The minimum atomic E-state index is -0.115. The van der Waals surface area contributed by atoms with Crippen molar-refractivity contribution < 1.29 is 4.79 Å². The predicted molar refractivity (Wildman–Crippen MR) is 176 cm³/mol. The molecule has 1 saturated heterocycles. The predicted octanol–water partition coefficient (Wildman–Crippen LogP) is 5.38. The summed E-state index contributed by atoms with van der Waals surface area (Å²) in [5.74, 6) is 0.279. The number of guanidine groups is 1. The number of amides is 1. The molecule has 9 heteroatoms. The zero-order chi connectivity index (χ0) is 30.1. The quantitative estimate of drug-likeness (QED) is 0.136. The lowest BCUT2D eigenvalue weighted by atomic mass is 9.96. The molecule has 0 radical (unpaired) electrons. The van der Waals surface area contributed by atoms with E-state index >= 15 is 0 Å². The Kier molecular flexibility index (Phi) is 11.9. The fraction of sp³-hybridized carbons (Fsp3) is 0.455. The number of hydrogen-bond acceptors (Lipinski definition) is 4. The molecule has 0 aliphatic carbocycles. The van der Waals surface area contributed by atoms with Crippen LogP contribution in [0.2, 0.25) is 10.0 Å². The third kappa shape index (κ3) is 9.08. The Morgan fingerprint density at radius 1 is 0.976 bits per heavy atom. The van der Waals surface area contributed by atoms with Gasteiger partial charge in [0.05, 0.1) is 6.42 Å². The molecule has 3 aromatic carbocycles. The zero-order valence-corrected chi connectivity index (χ0v) is 26.0. The van der Waals surface area contributed by atoms with Gasteiger partial charge in [-0.25, -0.2) is 0 Å². The first-order valence-electron chi connectivity index (χ1n) is 15.0. The molecule has 226 valence electrons. The number of hydrogen-bond donors (Lipinski definition) is 3. The van der Waals surface area contributed by atoms with E-state index in [1.54, 1.807) is 6.07 Å². The fourth-order valence-electron chi connectivity index (χ4n) is 6.00. The Morgan fingerprint density at radius 3 is 2.48 bits per heavy atom. The van der Waals surface area contributed by atoms with Gasteiger partial charge in [0.1, 0.15) is 0 Å². The van der Waals surface area contributed by atoms with E-state index in [0.29, 0.717) is 42.5 Å². The maximum atomic E-state index is 13.9. The maximum Gasteiger partial charge on any atom is 0.227 e. The molecule has 4 rings (SSSR count). The van der Waals surface area contributed by atoms with Crippen molar-refractivity contribution in [3.05, 3.63) is 81.8 Å². The summed E-state index contributed by atoms with van der Waals surface area (Å²) in [7, 11) is 0. The SMILES string of the molecule is CCCC[C@@H]1CN(C[C@H](N)Cc2ccc(Cl)cc2Cl)[C@@H](CCCN=C(N)N)CN1C(=O)Cc1ccc2ccccc2c1. The minimum Gasteiger partial charge on any atom is -0.370 e.